The molecule has 0 N–H and O–H groups in total. The standard InChI is InChI=1S/C32H39ClN2O3/c1-22-20-32(25-13-8-7-9-14-25,16-17-35(22)30(37)38-31(3,4)5)21-29(36)34(6)23(2)28-19-26(33)18-24-12-10-11-15-27(24)28/h7-15,18-19,22-23H,16-17,20-21H2,1-6H3. The number of halogens is 1. The summed E-state index contributed by atoms with van der Waals surface area (Å²) in [6.45, 7) is 10.3. The third-order valence-corrected chi connectivity index (χ3v) is 8.05. The van der Waals surface area contributed by atoms with Gasteiger partial charge in [0.1, 0.15) is 5.60 Å². The maximum atomic E-state index is 13.9. The van der Waals surface area contributed by atoms with Crippen LogP contribution in [0.4, 0.5) is 4.79 Å². The minimum absolute atomic E-state index is 0.0637. The van der Waals surface area contributed by atoms with Crippen molar-refractivity contribution in [3.63, 3.8) is 0 Å². The normalized spacial score (nSPS) is 20.7. The number of ether oxygens (including phenoxy) is 1. The van der Waals surface area contributed by atoms with Gasteiger partial charge in [0, 0.05) is 36.5 Å². The largest absolute Gasteiger partial charge is 0.444 e. The number of hydrogen-bond acceptors (Lipinski definition) is 3. The molecule has 1 fully saturated rings. The van der Waals surface area contributed by atoms with Crippen molar-refractivity contribution in [3.8, 4) is 0 Å². The molecule has 3 aromatic rings. The zero-order valence-electron chi connectivity index (χ0n) is 23.3. The summed E-state index contributed by atoms with van der Waals surface area (Å²) in [6.07, 6.45) is 1.44. The molecule has 1 saturated heterocycles. The maximum Gasteiger partial charge on any atom is 0.410 e. The lowest BCUT2D eigenvalue weighted by Crippen LogP contribution is -2.52. The molecular weight excluding hydrogens is 496 g/mol. The summed E-state index contributed by atoms with van der Waals surface area (Å²) < 4.78 is 5.67. The van der Waals surface area contributed by atoms with Crippen LogP contribution in [-0.4, -0.2) is 47.0 Å². The number of rotatable bonds is 5. The van der Waals surface area contributed by atoms with Crippen molar-refractivity contribution in [2.24, 2.45) is 0 Å². The van der Waals surface area contributed by atoms with E-state index in [1.807, 2.05) is 81.2 Å². The van der Waals surface area contributed by atoms with Gasteiger partial charge in [0.2, 0.25) is 5.91 Å². The van der Waals surface area contributed by atoms with E-state index in [2.05, 4.69) is 32.0 Å². The van der Waals surface area contributed by atoms with Crippen LogP contribution in [0.5, 0.6) is 0 Å². The van der Waals surface area contributed by atoms with Crippen LogP contribution in [0.2, 0.25) is 5.02 Å². The lowest BCUT2D eigenvalue weighted by atomic mass is 9.68. The fourth-order valence-corrected chi connectivity index (χ4v) is 5.96. The molecule has 6 heteroatoms. The van der Waals surface area contributed by atoms with Crippen LogP contribution in [0.3, 0.4) is 0 Å². The van der Waals surface area contributed by atoms with Crippen molar-refractivity contribution in [1.82, 2.24) is 9.80 Å². The van der Waals surface area contributed by atoms with Crippen LogP contribution < -0.4 is 0 Å². The van der Waals surface area contributed by atoms with Gasteiger partial charge >= 0.3 is 6.09 Å². The Hall–Kier alpha value is -3.05. The SMILES string of the molecule is CC(c1cc(Cl)cc2ccccc12)N(C)C(=O)CC1(c2ccccc2)CCN(C(=O)OC(C)(C)C)C(C)C1. The average Bonchev–Trinajstić information content (AvgIpc) is 2.86. The molecule has 4 rings (SSSR count). The molecule has 1 aliphatic rings. The van der Waals surface area contributed by atoms with Gasteiger partial charge in [0.25, 0.3) is 0 Å². The average molecular weight is 535 g/mol. The molecule has 0 aromatic heterocycles. The number of carbonyl (C=O) groups is 2. The first-order valence-corrected chi connectivity index (χ1v) is 13.8. The molecule has 0 bridgehead atoms. The first kappa shape index (κ1) is 28.0. The van der Waals surface area contributed by atoms with E-state index in [9.17, 15) is 9.59 Å². The fourth-order valence-electron chi connectivity index (χ4n) is 5.73. The number of carbonyl (C=O) groups excluding carboxylic acids is 2. The number of piperidine rings is 1. The highest BCUT2D eigenvalue weighted by molar-refractivity contribution is 6.31. The molecule has 202 valence electrons. The third kappa shape index (κ3) is 5.99. The van der Waals surface area contributed by atoms with E-state index >= 15 is 0 Å². The Morgan fingerprint density at radius 2 is 1.76 bits per heavy atom. The van der Waals surface area contributed by atoms with Crippen molar-refractivity contribution < 1.29 is 14.3 Å². The van der Waals surface area contributed by atoms with Gasteiger partial charge in [0.05, 0.1) is 6.04 Å². The Kier molecular flexibility index (Phi) is 8.08. The lowest BCUT2D eigenvalue weighted by Gasteiger charge is -2.46. The Labute approximate surface area is 231 Å². The number of fused-ring (bicyclic) bond motifs is 1. The molecule has 0 aliphatic carbocycles. The van der Waals surface area contributed by atoms with E-state index in [4.69, 9.17) is 16.3 Å². The van der Waals surface area contributed by atoms with Crippen molar-refractivity contribution in [2.75, 3.05) is 13.6 Å². The highest BCUT2D eigenvalue weighted by atomic mass is 35.5. The Bertz CT molecular complexity index is 1300. The summed E-state index contributed by atoms with van der Waals surface area (Å²) in [5.41, 5.74) is 1.24. The maximum absolute atomic E-state index is 13.9. The number of amides is 2. The van der Waals surface area contributed by atoms with E-state index in [-0.39, 0.29) is 29.5 Å². The second-order valence-electron chi connectivity index (χ2n) is 11.7. The lowest BCUT2D eigenvalue weighted by molar-refractivity contribution is -0.133. The molecule has 38 heavy (non-hydrogen) atoms. The van der Waals surface area contributed by atoms with E-state index in [0.29, 0.717) is 30.8 Å². The molecule has 3 unspecified atom stereocenters. The second-order valence-corrected chi connectivity index (χ2v) is 12.1. The van der Waals surface area contributed by atoms with Gasteiger partial charge in [-0.1, -0.05) is 66.2 Å². The van der Waals surface area contributed by atoms with Crippen LogP contribution in [0.15, 0.2) is 66.7 Å². The third-order valence-electron chi connectivity index (χ3n) is 7.84. The van der Waals surface area contributed by atoms with Crippen LogP contribution in [0, 0.1) is 0 Å². The van der Waals surface area contributed by atoms with Crippen molar-refractivity contribution in [1.29, 1.82) is 0 Å². The van der Waals surface area contributed by atoms with Gasteiger partial charge in [-0.05, 0) is 81.5 Å². The molecule has 0 radical (unpaired) electrons. The minimum Gasteiger partial charge on any atom is -0.444 e. The van der Waals surface area contributed by atoms with Gasteiger partial charge in [-0.15, -0.1) is 0 Å². The fraction of sp³-hybridized carbons (Fsp3) is 0.438. The highest BCUT2D eigenvalue weighted by Gasteiger charge is 2.44. The van der Waals surface area contributed by atoms with Crippen LogP contribution in [0.1, 0.15) is 71.0 Å². The molecule has 5 nitrogen and oxygen atoms in total. The minimum atomic E-state index is -0.551. The van der Waals surface area contributed by atoms with Gasteiger partial charge in [-0.25, -0.2) is 4.79 Å². The van der Waals surface area contributed by atoms with Crippen molar-refractivity contribution in [2.45, 2.75) is 77.0 Å². The molecule has 2 amide bonds. The smallest absolute Gasteiger partial charge is 0.410 e. The van der Waals surface area contributed by atoms with Gasteiger partial charge in [-0.3, -0.25) is 4.79 Å². The number of hydrogen-bond donors (Lipinski definition) is 0. The first-order valence-electron chi connectivity index (χ1n) is 13.4. The van der Waals surface area contributed by atoms with Crippen LogP contribution in [0.25, 0.3) is 10.8 Å². The van der Waals surface area contributed by atoms with Crippen molar-refractivity contribution >= 4 is 34.4 Å². The zero-order chi connectivity index (χ0) is 27.7. The summed E-state index contributed by atoms with van der Waals surface area (Å²) in [4.78, 5) is 30.5. The summed E-state index contributed by atoms with van der Waals surface area (Å²) >= 11 is 6.46. The van der Waals surface area contributed by atoms with Crippen molar-refractivity contribution in [3.05, 3.63) is 82.9 Å². The number of likely N-dealkylation sites (tertiary alicyclic amines) is 1. The quantitative estimate of drug-likeness (QED) is 0.336. The van der Waals surface area contributed by atoms with Gasteiger partial charge in [0.15, 0.2) is 0 Å². The van der Waals surface area contributed by atoms with E-state index in [0.717, 1.165) is 21.9 Å². The molecule has 3 aromatic carbocycles. The van der Waals surface area contributed by atoms with Crippen LogP contribution >= 0.6 is 11.6 Å². The molecule has 0 spiro atoms. The van der Waals surface area contributed by atoms with E-state index < -0.39 is 5.60 Å². The predicted octanol–water partition coefficient (Wildman–Crippen LogP) is 7.76. The van der Waals surface area contributed by atoms with Crippen LogP contribution in [-0.2, 0) is 14.9 Å². The van der Waals surface area contributed by atoms with E-state index in [1.165, 1.54) is 0 Å². The number of nitrogens with zero attached hydrogens (tertiary/aromatic N) is 2. The predicted molar refractivity (Wildman–Crippen MR) is 155 cm³/mol. The molecule has 1 aliphatic heterocycles. The van der Waals surface area contributed by atoms with Gasteiger partial charge in [-0.2, -0.15) is 0 Å². The zero-order valence-corrected chi connectivity index (χ0v) is 24.1. The van der Waals surface area contributed by atoms with Gasteiger partial charge < -0.3 is 14.5 Å². The first-order chi connectivity index (χ1) is 17.9. The summed E-state index contributed by atoms with van der Waals surface area (Å²) in [5, 5.41) is 2.82. The Morgan fingerprint density at radius 3 is 2.42 bits per heavy atom. The molecule has 1 heterocycles. The molecule has 0 saturated carbocycles. The molecule has 3 atom stereocenters. The highest BCUT2D eigenvalue weighted by Crippen LogP contribution is 2.42. The summed E-state index contributed by atoms with van der Waals surface area (Å²) in [6, 6.07) is 22.1. The summed E-state index contributed by atoms with van der Waals surface area (Å²) in [7, 11) is 1.88. The monoisotopic (exact) mass is 534 g/mol. The number of benzene rings is 3. The Balaban J connectivity index is 1.59. The molecular formula is C32H39ClN2O3. The topological polar surface area (TPSA) is 49.9 Å². The van der Waals surface area contributed by atoms with E-state index in [1.54, 1.807) is 4.90 Å². The second kappa shape index (κ2) is 11.0. The summed E-state index contributed by atoms with van der Waals surface area (Å²) in [5.74, 6) is 0.0725. The Morgan fingerprint density at radius 1 is 1.11 bits per heavy atom.